The van der Waals surface area contributed by atoms with Gasteiger partial charge in [0, 0.05) is 17.6 Å². The number of thiazole rings is 1. The van der Waals surface area contributed by atoms with Gasteiger partial charge in [-0.25, -0.2) is 9.98 Å². The van der Waals surface area contributed by atoms with E-state index in [-0.39, 0.29) is 6.10 Å². The summed E-state index contributed by atoms with van der Waals surface area (Å²) < 4.78 is 5.99. The number of rotatable bonds is 7. The third-order valence-electron chi connectivity index (χ3n) is 3.39. The molecule has 0 aliphatic carbocycles. The second kappa shape index (κ2) is 9.27. The van der Waals surface area contributed by atoms with E-state index >= 15 is 0 Å². The van der Waals surface area contributed by atoms with Gasteiger partial charge in [-0.2, -0.15) is 0 Å². The molecule has 2 rings (SSSR count). The minimum Gasteiger partial charge on any atom is -0.489 e. The van der Waals surface area contributed by atoms with Gasteiger partial charge in [0.2, 0.25) is 0 Å². The van der Waals surface area contributed by atoms with Crippen LogP contribution in [0.4, 0.5) is 0 Å². The number of ether oxygens (including phenoxy) is 1. The highest BCUT2D eigenvalue weighted by atomic mass is 32.1. The largest absolute Gasteiger partial charge is 0.489 e. The molecule has 0 aliphatic heterocycles. The van der Waals surface area contributed by atoms with E-state index in [1.807, 2.05) is 31.3 Å². The average molecular weight is 347 g/mol. The van der Waals surface area contributed by atoms with Crippen LogP contribution >= 0.6 is 11.3 Å². The minimum absolute atomic E-state index is 0.0422. The predicted octanol–water partition coefficient (Wildman–Crippen LogP) is 3.28. The third-order valence-corrected chi connectivity index (χ3v) is 4.28. The molecular formula is C18H26N4OS. The summed E-state index contributed by atoms with van der Waals surface area (Å²) in [6.07, 6.45) is 1.93. The van der Waals surface area contributed by atoms with Crippen LogP contribution in [0.15, 0.2) is 35.5 Å². The van der Waals surface area contributed by atoms with Gasteiger partial charge in [0.05, 0.1) is 18.1 Å². The molecule has 0 amide bonds. The first-order valence-corrected chi connectivity index (χ1v) is 9.06. The minimum atomic E-state index is 0.0422. The monoisotopic (exact) mass is 346 g/mol. The number of guanidine groups is 1. The number of hydrogen-bond acceptors (Lipinski definition) is 4. The molecule has 0 bridgehead atoms. The van der Waals surface area contributed by atoms with Gasteiger partial charge < -0.3 is 15.4 Å². The first-order chi connectivity index (χ1) is 11.6. The van der Waals surface area contributed by atoms with Crippen molar-refractivity contribution in [2.75, 3.05) is 13.1 Å². The Bertz CT molecular complexity index is 669. The normalized spacial score (nSPS) is 12.8. The lowest BCUT2D eigenvalue weighted by Gasteiger charge is -2.18. The summed E-state index contributed by atoms with van der Waals surface area (Å²) >= 11 is 1.68. The van der Waals surface area contributed by atoms with E-state index < -0.39 is 0 Å². The van der Waals surface area contributed by atoms with Crippen LogP contribution in [0.25, 0.3) is 0 Å². The molecule has 1 heterocycles. The van der Waals surface area contributed by atoms with E-state index in [0.717, 1.165) is 33.7 Å². The van der Waals surface area contributed by atoms with Crippen molar-refractivity contribution in [3.63, 3.8) is 0 Å². The number of aliphatic imine (C=N–C) groups is 1. The fourth-order valence-corrected chi connectivity index (χ4v) is 2.88. The second-order valence-corrected chi connectivity index (χ2v) is 6.93. The van der Waals surface area contributed by atoms with Gasteiger partial charge in [0.15, 0.2) is 5.96 Å². The summed E-state index contributed by atoms with van der Waals surface area (Å²) in [6.45, 7) is 10.3. The quantitative estimate of drug-likeness (QED) is 0.597. The third kappa shape index (κ3) is 5.85. The van der Waals surface area contributed by atoms with E-state index in [1.165, 1.54) is 0 Å². The number of nitrogens with zero attached hydrogens (tertiary/aromatic N) is 2. The standard InChI is InChI=1S/C18H26N4OS/c1-5-19-18(22-12-16-11-20-15(4)24-16)21-10-14(3)23-17-9-7-6-8-13(17)2/h6-9,11,14H,5,10,12H2,1-4H3,(H2,19,21,22). The van der Waals surface area contributed by atoms with Crippen LogP contribution in [0, 0.1) is 13.8 Å². The summed E-state index contributed by atoms with van der Waals surface area (Å²) in [6, 6.07) is 8.06. The Morgan fingerprint density at radius 3 is 2.75 bits per heavy atom. The van der Waals surface area contributed by atoms with Crippen molar-refractivity contribution < 1.29 is 4.74 Å². The molecule has 2 aromatic rings. The molecule has 130 valence electrons. The van der Waals surface area contributed by atoms with Gasteiger partial charge in [0.1, 0.15) is 11.9 Å². The molecule has 0 spiro atoms. The summed E-state index contributed by atoms with van der Waals surface area (Å²) in [4.78, 5) is 10.0. The molecule has 1 atom stereocenters. The fourth-order valence-electron chi connectivity index (χ4n) is 2.16. The van der Waals surface area contributed by atoms with Crippen LogP contribution in [-0.4, -0.2) is 30.1 Å². The Kier molecular flexibility index (Phi) is 7.06. The summed E-state index contributed by atoms with van der Waals surface area (Å²) in [5, 5.41) is 7.66. The van der Waals surface area contributed by atoms with Crippen molar-refractivity contribution in [1.82, 2.24) is 15.6 Å². The number of hydrogen-bond donors (Lipinski definition) is 2. The summed E-state index contributed by atoms with van der Waals surface area (Å²) in [5.74, 6) is 1.72. The van der Waals surface area contributed by atoms with E-state index in [2.05, 4.69) is 47.4 Å². The fraction of sp³-hybridized carbons (Fsp3) is 0.444. The molecule has 24 heavy (non-hydrogen) atoms. The highest BCUT2D eigenvalue weighted by molar-refractivity contribution is 7.11. The maximum Gasteiger partial charge on any atom is 0.191 e. The zero-order valence-corrected chi connectivity index (χ0v) is 15.6. The van der Waals surface area contributed by atoms with Crippen molar-refractivity contribution in [2.24, 2.45) is 4.99 Å². The van der Waals surface area contributed by atoms with Crippen molar-refractivity contribution in [3.8, 4) is 5.75 Å². The second-order valence-electron chi connectivity index (χ2n) is 5.62. The maximum absolute atomic E-state index is 5.99. The van der Waals surface area contributed by atoms with Crippen molar-refractivity contribution in [3.05, 3.63) is 45.9 Å². The van der Waals surface area contributed by atoms with Gasteiger partial charge in [-0.15, -0.1) is 11.3 Å². The van der Waals surface area contributed by atoms with Crippen LogP contribution in [0.5, 0.6) is 5.75 Å². The summed E-state index contributed by atoms with van der Waals surface area (Å²) in [7, 11) is 0. The van der Waals surface area contributed by atoms with E-state index in [4.69, 9.17) is 4.74 Å². The number of nitrogens with one attached hydrogen (secondary N) is 2. The molecule has 1 aromatic heterocycles. The summed E-state index contributed by atoms with van der Waals surface area (Å²) in [5.41, 5.74) is 1.14. The molecule has 5 nitrogen and oxygen atoms in total. The molecular weight excluding hydrogens is 320 g/mol. The van der Waals surface area contributed by atoms with Gasteiger partial charge in [0.25, 0.3) is 0 Å². The lowest BCUT2D eigenvalue weighted by Crippen LogP contribution is -2.41. The van der Waals surface area contributed by atoms with Crippen LogP contribution in [0.2, 0.25) is 0 Å². The molecule has 0 radical (unpaired) electrons. The van der Waals surface area contributed by atoms with Crippen LogP contribution in [0.3, 0.4) is 0 Å². The molecule has 2 N–H and O–H groups in total. The number of aryl methyl sites for hydroxylation is 2. The van der Waals surface area contributed by atoms with Crippen molar-refractivity contribution >= 4 is 17.3 Å². The zero-order chi connectivity index (χ0) is 17.4. The van der Waals surface area contributed by atoms with E-state index in [0.29, 0.717) is 13.1 Å². The Hall–Kier alpha value is -2.08. The Balaban J connectivity index is 1.87. The van der Waals surface area contributed by atoms with E-state index in [1.54, 1.807) is 11.3 Å². The number of para-hydroxylation sites is 1. The lowest BCUT2D eigenvalue weighted by molar-refractivity contribution is 0.222. The van der Waals surface area contributed by atoms with Crippen LogP contribution < -0.4 is 15.4 Å². The topological polar surface area (TPSA) is 58.5 Å². The smallest absolute Gasteiger partial charge is 0.191 e. The first kappa shape index (κ1) is 18.3. The lowest BCUT2D eigenvalue weighted by atomic mass is 10.2. The number of aromatic nitrogens is 1. The molecule has 6 heteroatoms. The van der Waals surface area contributed by atoms with E-state index in [9.17, 15) is 0 Å². The number of benzene rings is 1. The Morgan fingerprint density at radius 2 is 2.08 bits per heavy atom. The highest BCUT2D eigenvalue weighted by Crippen LogP contribution is 2.17. The maximum atomic E-state index is 5.99. The predicted molar refractivity (Wildman–Crippen MR) is 101 cm³/mol. The van der Waals surface area contributed by atoms with Crippen molar-refractivity contribution in [2.45, 2.75) is 40.3 Å². The van der Waals surface area contributed by atoms with Crippen LogP contribution in [-0.2, 0) is 6.54 Å². The Morgan fingerprint density at radius 1 is 1.29 bits per heavy atom. The van der Waals surface area contributed by atoms with Gasteiger partial charge in [-0.1, -0.05) is 18.2 Å². The average Bonchev–Trinajstić information content (AvgIpc) is 2.98. The van der Waals surface area contributed by atoms with Crippen LogP contribution in [0.1, 0.15) is 29.3 Å². The van der Waals surface area contributed by atoms with Gasteiger partial charge in [-0.3, -0.25) is 0 Å². The molecule has 0 saturated carbocycles. The zero-order valence-electron chi connectivity index (χ0n) is 14.8. The molecule has 1 aromatic carbocycles. The molecule has 1 unspecified atom stereocenters. The van der Waals surface area contributed by atoms with Gasteiger partial charge in [-0.05, 0) is 39.3 Å². The Labute approximate surface area is 148 Å². The first-order valence-electron chi connectivity index (χ1n) is 8.24. The molecule has 0 aliphatic rings. The highest BCUT2D eigenvalue weighted by Gasteiger charge is 2.07. The molecule has 0 fully saturated rings. The SMILES string of the molecule is CCNC(=NCc1cnc(C)s1)NCC(C)Oc1ccccc1C. The molecule has 0 saturated heterocycles. The van der Waals surface area contributed by atoms with Crippen molar-refractivity contribution in [1.29, 1.82) is 0 Å². The van der Waals surface area contributed by atoms with Gasteiger partial charge >= 0.3 is 0 Å².